The van der Waals surface area contributed by atoms with Crippen LogP contribution in [0.3, 0.4) is 0 Å². The van der Waals surface area contributed by atoms with Gasteiger partial charge in [-0.15, -0.1) is 0 Å². The fourth-order valence-electron chi connectivity index (χ4n) is 1.79. The molecule has 2 rings (SSSR count). The SMILES string of the molecule is Clc1cccc(OCC2(CBr)CCC2)c1. The van der Waals surface area contributed by atoms with E-state index in [-0.39, 0.29) is 0 Å². The van der Waals surface area contributed by atoms with Gasteiger partial charge < -0.3 is 4.74 Å². The summed E-state index contributed by atoms with van der Waals surface area (Å²) in [4.78, 5) is 0. The largest absolute Gasteiger partial charge is 0.493 e. The summed E-state index contributed by atoms with van der Waals surface area (Å²) in [5, 5.41) is 1.76. The number of alkyl halides is 1. The van der Waals surface area contributed by atoms with Gasteiger partial charge in [-0.2, -0.15) is 0 Å². The molecule has 0 aliphatic heterocycles. The third-order valence-electron chi connectivity index (χ3n) is 3.04. The Balaban J connectivity index is 1.92. The molecule has 0 unspecified atom stereocenters. The van der Waals surface area contributed by atoms with Crippen LogP contribution in [-0.4, -0.2) is 11.9 Å². The van der Waals surface area contributed by atoms with E-state index in [1.54, 1.807) is 0 Å². The van der Waals surface area contributed by atoms with E-state index in [0.29, 0.717) is 5.41 Å². The molecule has 1 nitrogen and oxygen atoms in total. The summed E-state index contributed by atoms with van der Waals surface area (Å²) in [6.45, 7) is 0.790. The molecular weight excluding hydrogens is 275 g/mol. The molecule has 0 saturated heterocycles. The van der Waals surface area contributed by atoms with E-state index < -0.39 is 0 Å². The Morgan fingerprint density at radius 2 is 2.20 bits per heavy atom. The Hall–Kier alpha value is -0.210. The minimum atomic E-state index is 0.363. The van der Waals surface area contributed by atoms with E-state index in [4.69, 9.17) is 16.3 Å². The van der Waals surface area contributed by atoms with Crippen LogP contribution in [0.15, 0.2) is 24.3 Å². The third-order valence-corrected chi connectivity index (χ3v) is 4.46. The molecule has 0 N–H and O–H groups in total. The second-order valence-electron chi connectivity index (χ2n) is 4.23. The minimum absolute atomic E-state index is 0.363. The topological polar surface area (TPSA) is 9.23 Å². The fraction of sp³-hybridized carbons (Fsp3) is 0.500. The highest BCUT2D eigenvalue weighted by Crippen LogP contribution is 2.42. The number of ether oxygens (including phenoxy) is 1. The van der Waals surface area contributed by atoms with Crippen molar-refractivity contribution in [2.75, 3.05) is 11.9 Å². The molecule has 0 aromatic heterocycles. The van der Waals surface area contributed by atoms with Gasteiger partial charge in [-0.3, -0.25) is 0 Å². The van der Waals surface area contributed by atoms with E-state index in [2.05, 4.69) is 15.9 Å². The second-order valence-corrected chi connectivity index (χ2v) is 5.23. The van der Waals surface area contributed by atoms with E-state index in [9.17, 15) is 0 Å². The van der Waals surface area contributed by atoms with Gasteiger partial charge in [-0.25, -0.2) is 0 Å². The maximum absolute atomic E-state index is 5.89. The Kier molecular flexibility index (Phi) is 3.57. The molecule has 0 radical (unpaired) electrons. The average Bonchev–Trinajstić information content (AvgIpc) is 2.17. The number of benzene rings is 1. The zero-order valence-corrected chi connectivity index (χ0v) is 10.9. The lowest BCUT2D eigenvalue weighted by atomic mass is 9.71. The highest BCUT2D eigenvalue weighted by Gasteiger charge is 2.36. The van der Waals surface area contributed by atoms with Gasteiger partial charge in [-0.1, -0.05) is 40.0 Å². The van der Waals surface area contributed by atoms with Gasteiger partial charge in [0.2, 0.25) is 0 Å². The van der Waals surface area contributed by atoms with E-state index in [1.807, 2.05) is 24.3 Å². The van der Waals surface area contributed by atoms with Crippen LogP contribution in [0.25, 0.3) is 0 Å². The molecule has 0 atom stereocenters. The summed E-state index contributed by atoms with van der Waals surface area (Å²) < 4.78 is 5.77. The van der Waals surface area contributed by atoms with Gasteiger partial charge in [-0.05, 0) is 31.0 Å². The monoisotopic (exact) mass is 288 g/mol. The standard InChI is InChI=1S/C12H14BrClO/c13-8-12(5-2-6-12)9-15-11-4-1-3-10(14)7-11/h1,3-4,7H,2,5-6,8-9H2. The van der Waals surface area contributed by atoms with E-state index in [1.165, 1.54) is 19.3 Å². The fourth-order valence-corrected chi connectivity index (χ4v) is 2.69. The van der Waals surface area contributed by atoms with Gasteiger partial charge in [0.25, 0.3) is 0 Å². The van der Waals surface area contributed by atoms with Crippen LogP contribution in [0.2, 0.25) is 5.02 Å². The van der Waals surface area contributed by atoms with Crippen molar-refractivity contribution in [3.8, 4) is 5.75 Å². The van der Waals surface area contributed by atoms with Gasteiger partial charge in [0.1, 0.15) is 5.75 Å². The first-order valence-electron chi connectivity index (χ1n) is 5.18. The molecule has 1 aliphatic carbocycles. The van der Waals surface area contributed by atoms with Crippen LogP contribution in [0.5, 0.6) is 5.75 Å². The Morgan fingerprint density at radius 3 is 2.73 bits per heavy atom. The quantitative estimate of drug-likeness (QED) is 0.752. The lowest BCUT2D eigenvalue weighted by Gasteiger charge is -2.39. The number of hydrogen-bond donors (Lipinski definition) is 0. The van der Waals surface area contributed by atoms with E-state index >= 15 is 0 Å². The second kappa shape index (κ2) is 4.75. The smallest absolute Gasteiger partial charge is 0.120 e. The van der Waals surface area contributed by atoms with Crippen molar-refractivity contribution in [1.29, 1.82) is 0 Å². The lowest BCUT2D eigenvalue weighted by Crippen LogP contribution is -2.37. The lowest BCUT2D eigenvalue weighted by molar-refractivity contribution is 0.0838. The van der Waals surface area contributed by atoms with Crippen molar-refractivity contribution >= 4 is 27.5 Å². The van der Waals surface area contributed by atoms with E-state index in [0.717, 1.165) is 22.7 Å². The highest BCUT2D eigenvalue weighted by atomic mass is 79.9. The molecular formula is C12H14BrClO. The van der Waals surface area contributed by atoms with Gasteiger partial charge >= 0.3 is 0 Å². The molecule has 1 saturated carbocycles. The third kappa shape index (κ3) is 2.67. The van der Waals surface area contributed by atoms with Crippen LogP contribution in [0.1, 0.15) is 19.3 Å². The summed E-state index contributed by atoms with van der Waals surface area (Å²) in [5.74, 6) is 0.870. The van der Waals surface area contributed by atoms with Crippen LogP contribution in [0.4, 0.5) is 0 Å². The van der Waals surface area contributed by atoms with Crippen LogP contribution >= 0.6 is 27.5 Å². The summed E-state index contributed by atoms with van der Waals surface area (Å²) in [5.41, 5.74) is 0.363. The van der Waals surface area contributed by atoms with Gasteiger partial charge in [0.05, 0.1) is 6.61 Å². The summed E-state index contributed by atoms with van der Waals surface area (Å²) >= 11 is 9.45. The molecule has 0 spiro atoms. The first-order valence-corrected chi connectivity index (χ1v) is 6.68. The molecule has 15 heavy (non-hydrogen) atoms. The van der Waals surface area contributed by atoms with Crippen LogP contribution in [-0.2, 0) is 0 Å². The average molecular weight is 290 g/mol. The van der Waals surface area contributed by atoms with Crippen molar-refractivity contribution in [3.05, 3.63) is 29.3 Å². The zero-order valence-electron chi connectivity index (χ0n) is 8.51. The Morgan fingerprint density at radius 1 is 1.40 bits per heavy atom. The van der Waals surface area contributed by atoms with Crippen LogP contribution in [0, 0.1) is 5.41 Å². The summed E-state index contributed by atoms with van der Waals surface area (Å²) in [6.07, 6.45) is 3.85. The van der Waals surface area contributed by atoms with Crippen LogP contribution < -0.4 is 4.74 Å². The molecule has 0 heterocycles. The first kappa shape index (κ1) is 11.3. The molecule has 0 amide bonds. The molecule has 1 aromatic rings. The molecule has 82 valence electrons. The van der Waals surface area contributed by atoms with Crippen molar-refractivity contribution in [3.63, 3.8) is 0 Å². The Bertz CT molecular complexity index is 331. The maximum Gasteiger partial charge on any atom is 0.120 e. The zero-order chi connectivity index (χ0) is 10.7. The maximum atomic E-state index is 5.89. The van der Waals surface area contributed by atoms with Crippen molar-refractivity contribution in [2.24, 2.45) is 5.41 Å². The molecule has 3 heteroatoms. The molecule has 1 aromatic carbocycles. The number of hydrogen-bond acceptors (Lipinski definition) is 1. The summed E-state index contributed by atoms with van der Waals surface area (Å²) in [6, 6.07) is 7.59. The van der Waals surface area contributed by atoms with Crippen molar-refractivity contribution in [2.45, 2.75) is 19.3 Å². The highest BCUT2D eigenvalue weighted by molar-refractivity contribution is 9.09. The Labute approximate surface area is 104 Å². The van der Waals surface area contributed by atoms with Crippen molar-refractivity contribution in [1.82, 2.24) is 0 Å². The van der Waals surface area contributed by atoms with Crippen molar-refractivity contribution < 1.29 is 4.74 Å². The first-order chi connectivity index (χ1) is 7.24. The predicted octanol–water partition coefficient (Wildman–Crippen LogP) is 4.28. The molecule has 1 fully saturated rings. The normalized spacial score (nSPS) is 18.3. The van der Waals surface area contributed by atoms with Gasteiger partial charge in [0.15, 0.2) is 0 Å². The summed E-state index contributed by atoms with van der Waals surface area (Å²) in [7, 11) is 0. The predicted molar refractivity (Wildman–Crippen MR) is 67.0 cm³/mol. The van der Waals surface area contributed by atoms with Gasteiger partial charge in [0, 0.05) is 15.8 Å². The number of rotatable bonds is 4. The minimum Gasteiger partial charge on any atom is -0.493 e. The number of halogens is 2. The molecule has 0 bridgehead atoms. The molecule has 1 aliphatic rings.